The fourth-order valence-electron chi connectivity index (χ4n) is 1.62. The summed E-state index contributed by atoms with van der Waals surface area (Å²) >= 11 is 5.33. The number of aliphatic hydroxyl groups excluding tert-OH is 1. The smallest absolute Gasteiger partial charge is 0.0738 e. The van der Waals surface area contributed by atoms with Crippen LogP contribution in [0.4, 0.5) is 0 Å². The van der Waals surface area contributed by atoms with Crippen molar-refractivity contribution in [3.63, 3.8) is 0 Å². The first-order valence-electron chi connectivity index (χ1n) is 5.85. The maximum atomic E-state index is 9.99. The van der Waals surface area contributed by atoms with Crippen LogP contribution in [0.5, 0.6) is 0 Å². The highest BCUT2D eigenvalue weighted by molar-refractivity contribution is 9.10. The Bertz CT molecular complexity index is 366. The summed E-state index contributed by atoms with van der Waals surface area (Å²) in [6.07, 6.45) is 0.355. The van der Waals surface area contributed by atoms with E-state index in [9.17, 15) is 5.11 Å². The standard InChI is InChI=1S/C12H21BrN2OS/c1-8(2)6-17-7-10(16)5-11-12(13)9(3)14-15(11)4/h8,10,16H,5-7H2,1-4H3. The van der Waals surface area contributed by atoms with Crippen LogP contribution in [0.15, 0.2) is 4.47 Å². The number of rotatable bonds is 6. The van der Waals surface area contributed by atoms with Gasteiger partial charge in [-0.05, 0) is 34.5 Å². The first-order valence-corrected chi connectivity index (χ1v) is 7.80. The summed E-state index contributed by atoms with van der Waals surface area (Å²) in [5.41, 5.74) is 2.05. The molecule has 1 unspecified atom stereocenters. The summed E-state index contributed by atoms with van der Waals surface area (Å²) in [4.78, 5) is 0. The first-order chi connectivity index (χ1) is 7.91. The second kappa shape index (κ2) is 6.81. The predicted octanol–water partition coefficient (Wildman–Crippen LogP) is 2.78. The van der Waals surface area contributed by atoms with Gasteiger partial charge in [-0.2, -0.15) is 16.9 Å². The monoisotopic (exact) mass is 320 g/mol. The molecule has 1 aromatic heterocycles. The van der Waals surface area contributed by atoms with Crippen molar-refractivity contribution >= 4 is 27.7 Å². The van der Waals surface area contributed by atoms with Gasteiger partial charge in [-0.1, -0.05) is 13.8 Å². The maximum absolute atomic E-state index is 9.99. The fraction of sp³-hybridized carbons (Fsp3) is 0.750. The molecule has 0 saturated heterocycles. The lowest BCUT2D eigenvalue weighted by atomic mass is 10.2. The molecule has 0 aliphatic heterocycles. The van der Waals surface area contributed by atoms with Gasteiger partial charge in [0.2, 0.25) is 0 Å². The third kappa shape index (κ3) is 4.64. The van der Waals surface area contributed by atoms with Crippen molar-refractivity contribution in [3.05, 3.63) is 15.9 Å². The van der Waals surface area contributed by atoms with Gasteiger partial charge in [0.15, 0.2) is 0 Å². The zero-order chi connectivity index (χ0) is 13.0. The second-order valence-electron chi connectivity index (χ2n) is 4.76. The summed E-state index contributed by atoms with van der Waals surface area (Å²) in [6, 6.07) is 0. The lowest BCUT2D eigenvalue weighted by Gasteiger charge is -2.12. The van der Waals surface area contributed by atoms with E-state index >= 15 is 0 Å². The van der Waals surface area contributed by atoms with Crippen molar-refractivity contribution in [1.82, 2.24) is 9.78 Å². The van der Waals surface area contributed by atoms with Gasteiger partial charge in [0.1, 0.15) is 0 Å². The van der Waals surface area contributed by atoms with E-state index in [0.29, 0.717) is 12.3 Å². The van der Waals surface area contributed by atoms with Gasteiger partial charge in [-0.15, -0.1) is 0 Å². The van der Waals surface area contributed by atoms with E-state index in [2.05, 4.69) is 34.9 Å². The van der Waals surface area contributed by atoms with Gasteiger partial charge >= 0.3 is 0 Å². The molecule has 0 spiro atoms. The van der Waals surface area contributed by atoms with E-state index in [4.69, 9.17) is 0 Å². The number of nitrogens with zero attached hydrogens (tertiary/aromatic N) is 2. The van der Waals surface area contributed by atoms with Crippen LogP contribution in [0, 0.1) is 12.8 Å². The SMILES string of the molecule is Cc1nn(C)c(CC(O)CSCC(C)C)c1Br. The quantitative estimate of drug-likeness (QED) is 0.875. The topological polar surface area (TPSA) is 38.0 Å². The predicted molar refractivity (Wildman–Crippen MR) is 77.5 cm³/mol. The fourth-order valence-corrected chi connectivity index (χ4v) is 3.12. The molecule has 0 fully saturated rings. The molecular formula is C12H21BrN2OS. The molecule has 0 amide bonds. The van der Waals surface area contributed by atoms with Crippen LogP contribution in [-0.2, 0) is 13.5 Å². The lowest BCUT2D eigenvalue weighted by Crippen LogP contribution is -2.17. The third-order valence-electron chi connectivity index (χ3n) is 2.45. The molecule has 0 aliphatic rings. The van der Waals surface area contributed by atoms with E-state index in [0.717, 1.165) is 27.4 Å². The van der Waals surface area contributed by atoms with Gasteiger partial charge in [0.05, 0.1) is 22.0 Å². The van der Waals surface area contributed by atoms with Crippen LogP contribution >= 0.6 is 27.7 Å². The van der Waals surface area contributed by atoms with E-state index in [1.54, 1.807) is 0 Å². The number of halogens is 1. The Hall–Kier alpha value is -0.000000000000000111. The zero-order valence-electron chi connectivity index (χ0n) is 10.9. The van der Waals surface area contributed by atoms with E-state index < -0.39 is 0 Å². The molecule has 0 saturated carbocycles. The summed E-state index contributed by atoms with van der Waals surface area (Å²) in [7, 11) is 1.92. The Morgan fingerprint density at radius 2 is 2.06 bits per heavy atom. The molecule has 0 bridgehead atoms. The first kappa shape index (κ1) is 15.1. The highest BCUT2D eigenvalue weighted by Crippen LogP contribution is 2.22. The van der Waals surface area contributed by atoms with Crippen molar-refractivity contribution in [3.8, 4) is 0 Å². The molecule has 1 atom stereocenters. The number of aryl methyl sites for hydroxylation is 2. The minimum atomic E-state index is -0.301. The van der Waals surface area contributed by atoms with Crippen LogP contribution in [0.2, 0.25) is 0 Å². The number of thioether (sulfide) groups is 1. The van der Waals surface area contributed by atoms with Crippen LogP contribution in [-0.4, -0.2) is 32.5 Å². The average molecular weight is 321 g/mol. The molecule has 0 radical (unpaired) electrons. The molecular weight excluding hydrogens is 300 g/mol. The Morgan fingerprint density at radius 1 is 1.41 bits per heavy atom. The number of hydrogen-bond donors (Lipinski definition) is 1. The van der Waals surface area contributed by atoms with E-state index in [1.165, 1.54) is 0 Å². The van der Waals surface area contributed by atoms with Crippen LogP contribution in [0.25, 0.3) is 0 Å². The summed E-state index contributed by atoms with van der Waals surface area (Å²) in [6.45, 7) is 6.36. The van der Waals surface area contributed by atoms with Crippen molar-refractivity contribution in [2.45, 2.75) is 33.3 Å². The lowest BCUT2D eigenvalue weighted by molar-refractivity contribution is 0.197. The van der Waals surface area contributed by atoms with Crippen molar-refractivity contribution in [2.75, 3.05) is 11.5 Å². The number of aliphatic hydroxyl groups is 1. The van der Waals surface area contributed by atoms with Crippen LogP contribution < -0.4 is 0 Å². The van der Waals surface area contributed by atoms with Crippen molar-refractivity contribution in [1.29, 1.82) is 0 Å². The largest absolute Gasteiger partial charge is 0.392 e. The molecule has 1 heterocycles. The Kier molecular flexibility index (Phi) is 6.03. The summed E-state index contributed by atoms with van der Waals surface area (Å²) < 4.78 is 2.86. The molecule has 0 aliphatic carbocycles. The second-order valence-corrected chi connectivity index (χ2v) is 6.63. The molecule has 1 N–H and O–H groups in total. The summed E-state index contributed by atoms with van der Waals surface area (Å²) in [5.74, 6) is 2.56. The van der Waals surface area contributed by atoms with Gasteiger partial charge < -0.3 is 5.11 Å². The molecule has 5 heteroatoms. The molecule has 1 aromatic rings. The Morgan fingerprint density at radius 3 is 2.53 bits per heavy atom. The van der Waals surface area contributed by atoms with Crippen molar-refractivity contribution in [2.24, 2.45) is 13.0 Å². The molecule has 17 heavy (non-hydrogen) atoms. The molecule has 0 aromatic carbocycles. The number of hydrogen-bond acceptors (Lipinski definition) is 3. The average Bonchev–Trinajstić information content (AvgIpc) is 2.44. The van der Waals surface area contributed by atoms with E-state index in [1.807, 2.05) is 30.4 Å². The Labute approximate surface area is 116 Å². The number of aromatic nitrogens is 2. The van der Waals surface area contributed by atoms with Gasteiger partial charge in [-0.3, -0.25) is 4.68 Å². The van der Waals surface area contributed by atoms with Crippen LogP contribution in [0.1, 0.15) is 25.2 Å². The van der Waals surface area contributed by atoms with E-state index in [-0.39, 0.29) is 6.10 Å². The van der Waals surface area contributed by atoms with Crippen LogP contribution in [0.3, 0.4) is 0 Å². The Balaban J connectivity index is 2.47. The van der Waals surface area contributed by atoms with Gasteiger partial charge in [0.25, 0.3) is 0 Å². The summed E-state index contributed by atoms with van der Waals surface area (Å²) in [5, 5.41) is 14.3. The normalized spacial score (nSPS) is 13.4. The highest BCUT2D eigenvalue weighted by Gasteiger charge is 2.15. The third-order valence-corrected chi connectivity index (χ3v) is 5.01. The van der Waals surface area contributed by atoms with Crippen molar-refractivity contribution < 1.29 is 5.11 Å². The minimum Gasteiger partial charge on any atom is -0.392 e. The molecule has 1 rings (SSSR count). The molecule has 3 nitrogen and oxygen atoms in total. The highest BCUT2D eigenvalue weighted by atomic mass is 79.9. The zero-order valence-corrected chi connectivity index (χ0v) is 13.3. The maximum Gasteiger partial charge on any atom is 0.0738 e. The molecule has 98 valence electrons. The van der Waals surface area contributed by atoms with Gasteiger partial charge in [0, 0.05) is 19.2 Å². The van der Waals surface area contributed by atoms with Gasteiger partial charge in [-0.25, -0.2) is 0 Å². The minimum absolute atomic E-state index is 0.301.